The number of fused-ring (bicyclic) bond motifs is 2. The molecule has 3 aromatic carbocycles. The molecule has 1 amide bonds. The third-order valence-electron chi connectivity index (χ3n) is 9.89. The zero-order chi connectivity index (χ0) is 31.9. The molecular formula is C37H42Cl2N4O3. The molecule has 242 valence electrons. The summed E-state index contributed by atoms with van der Waals surface area (Å²) in [5.74, 6) is 1.57. The first kappa shape index (κ1) is 31.4. The number of carbonyl (C=O) groups excluding carboxylic acids is 1. The fraction of sp³-hybridized carbons (Fsp3) is 0.432. The smallest absolute Gasteiger partial charge is 0.252 e. The zero-order valence-electron chi connectivity index (χ0n) is 26.7. The number of amides is 1. The third kappa shape index (κ3) is 6.35. The summed E-state index contributed by atoms with van der Waals surface area (Å²) in [5.41, 5.74) is 7.59. The number of piperazine rings is 1. The van der Waals surface area contributed by atoms with Crippen molar-refractivity contribution < 1.29 is 14.3 Å². The van der Waals surface area contributed by atoms with Crippen LogP contribution in [0.25, 0.3) is 5.57 Å². The number of ether oxygens (including phenoxy) is 2. The molecule has 2 saturated heterocycles. The Morgan fingerprint density at radius 1 is 1.02 bits per heavy atom. The molecule has 4 aliphatic rings. The van der Waals surface area contributed by atoms with Crippen LogP contribution in [0.2, 0.25) is 10.0 Å². The van der Waals surface area contributed by atoms with Gasteiger partial charge in [0.25, 0.3) is 5.91 Å². The number of aryl methyl sites for hydroxylation is 1. The molecule has 0 radical (unpaired) electrons. The van der Waals surface area contributed by atoms with E-state index in [1.807, 2.05) is 31.2 Å². The molecule has 1 aliphatic carbocycles. The molecule has 3 fully saturated rings. The number of hydrogen-bond donors (Lipinski definition) is 2. The lowest BCUT2D eigenvalue weighted by Crippen LogP contribution is -2.60. The highest BCUT2D eigenvalue weighted by Gasteiger charge is 2.41. The number of benzene rings is 3. The lowest BCUT2D eigenvalue weighted by molar-refractivity contribution is -0.128. The Morgan fingerprint density at radius 2 is 1.78 bits per heavy atom. The van der Waals surface area contributed by atoms with Crippen molar-refractivity contribution in [1.29, 1.82) is 0 Å². The van der Waals surface area contributed by atoms with Crippen LogP contribution in [0.5, 0.6) is 11.5 Å². The van der Waals surface area contributed by atoms with E-state index in [9.17, 15) is 4.79 Å². The van der Waals surface area contributed by atoms with E-state index in [0.29, 0.717) is 28.4 Å². The lowest BCUT2D eigenvalue weighted by atomic mass is 9.83. The van der Waals surface area contributed by atoms with Gasteiger partial charge in [0.05, 0.1) is 29.7 Å². The summed E-state index contributed by atoms with van der Waals surface area (Å²) < 4.78 is 11.9. The van der Waals surface area contributed by atoms with Gasteiger partial charge in [-0.15, -0.1) is 0 Å². The van der Waals surface area contributed by atoms with Gasteiger partial charge in [-0.1, -0.05) is 47.5 Å². The SMILES string of the molecule is COc1cccc(CN(C(=O)C2=C(c3ccc(N4CC[C@@H](Oc5c(Cl)cc(C)cc5Cl)C4)cc3)C[C@H]3CNC[C@@H]2N3)C2CC2)c1C. The van der Waals surface area contributed by atoms with E-state index in [0.717, 1.165) is 91.1 Å². The second-order valence-corrected chi connectivity index (χ2v) is 14.0. The van der Waals surface area contributed by atoms with E-state index in [4.69, 9.17) is 32.7 Å². The van der Waals surface area contributed by atoms with Crippen molar-refractivity contribution in [3.05, 3.63) is 92.5 Å². The second kappa shape index (κ2) is 13.1. The van der Waals surface area contributed by atoms with Gasteiger partial charge in [-0.05, 0) is 91.3 Å². The van der Waals surface area contributed by atoms with Crippen LogP contribution in [0, 0.1) is 13.8 Å². The summed E-state index contributed by atoms with van der Waals surface area (Å²) in [7, 11) is 1.70. The van der Waals surface area contributed by atoms with Gasteiger partial charge in [0, 0.05) is 55.9 Å². The molecule has 7 rings (SSSR count). The van der Waals surface area contributed by atoms with Crippen molar-refractivity contribution in [3.63, 3.8) is 0 Å². The number of anilines is 1. The molecule has 3 aromatic rings. The fourth-order valence-electron chi connectivity index (χ4n) is 7.28. The van der Waals surface area contributed by atoms with Crippen molar-refractivity contribution in [2.75, 3.05) is 38.2 Å². The minimum absolute atomic E-state index is 0.00207. The van der Waals surface area contributed by atoms with Crippen molar-refractivity contribution in [1.82, 2.24) is 15.5 Å². The summed E-state index contributed by atoms with van der Waals surface area (Å²) in [4.78, 5) is 19.0. The Labute approximate surface area is 281 Å². The van der Waals surface area contributed by atoms with Crippen LogP contribution in [0.1, 0.15) is 47.9 Å². The van der Waals surface area contributed by atoms with E-state index in [2.05, 4.69) is 57.7 Å². The maximum absolute atomic E-state index is 14.6. The number of rotatable bonds is 9. The van der Waals surface area contributed by atoms with E-state index in [1.165, 1.54) is 5.57 Å². The first-order valence-electron chi connectivity index (χ1n) is 16.4. The molecular weight excluding hydrogens is 619 g/mol. The molecule has 3 aliphatic heterocycles. The van der Waals surface area contributed by atoms with E-state index in [1.54, 1.807) is 7.11 Å². The summed E-state index contributed by atoms with van der Waals surface area (Å²) in [6.45, 7) is 7.93. The molecule has 1 saturated carbocycles. The van der Waals surface area contributed by atoms with Crippen LogP contribution in [-0.2, 0) is 11.3 Å². The average molecular weight is 662 g/mol. The highest BCUT2D eigenvalue weighted by atomic mass is 35.5. The third-order valence-corrected chi connectivity index (χ3v) is 10.5. The van der Waals surface area contributed by atoms with Crippen molar-refractivity contribution >= 4 is 40.4 Å². The van der Waals surface area contributed by atoms with Gasteiger partial charge >= 0.3 is 0 Å². The Bertz CT molecular complexity index is 1630. The largest absolute Gasteiger partial charge is 0.496 e. The predicted molar refractivity (Wildman–Crippen MR) is 185 cm³/mol. The molecule has 9 heteroatoms. The number of nitrogens with zero attached hydrogens (tertiary/aromatic N) is 2. The van der Waals surface area contributed by atoms with E-state index >= 15 is 0 Å². The van der Waals surface area contributed by atoms with Crippen molar-refractivity contribution in [2.24, 2.45) is 0 Å². The summed E-state index contributed by atoms with van der Waals surface area (Å²) in [5, 5.41) is 8.41. The van der Waals surface area contributed by atoms with Crippen LogP contribution >= 0.6 is 23.2 Å². The predicted octanol–water partition coefficient (Wildman–Crippen LogP) is 6.56. The normalized spacial score (nSPS) is 22.6. The summed E-state index contributed by atoms with van der Waals surface area (Å²) in [6, 6.07) is 19.2. The minimum atomic E-state index is -0.0146. The Hall–Kier alpha value is -3.23. The van der Waals surface area contributed by atoms with Crippen molar-refractivity contribution in [2.45, 2.75) is 70.3 Å². The van der Waals surface area contributed by atoms with E-state index in [-0.39, 0.29) is 24.1 Å². The quantitative estimate of drug-likeness (QED) is 0.271. The molecule has 0 aromatic heterocycles. The summed E-state index contributed by atoms with van der Waals surface area (Å²) in [6.07, 6.45) is 3.81. The van der Waals surface area contributed by atoms with Gasteiger partial charge in [0.2, 0.25) is 0 Å². The van der Waals surface area contributed by atoms with Gasteiger partial charge in [-0.2, -0.15) is 0 Å². The molecule has 3 heterocycles. The molecule has 2 bridgehead atoms. The molecule has 0 spiro atoms. The molecule has 0 unspecified atom stereocenters. The Kier molecular flexibility index (Phi) is 8.94. The highest BCUT2D eigenvalue weighted by molar-refractivity contribution is 6.37. The molecule has 3 atom stereocenters. The van der Waals surface area contributed by atoms with Crippen LogP contribution in [0.3, 0.4) is 0 Å². The van der Waals surface area contributed by atoms with Gasteiger partial charge in [-0.3, -0.25) is 4.79 Å². The number of methoxy groups -OCH3 is 1. The van der Waals surface area contributed by atoms with Gasteiger partial charge < -0.3 is 29.9 Å². The number of halogens is 2. The highest BCUT2D eigenvalue weighted by Crippen LogP contribution is 2.39. The number of nitrogens with one attached hydrogen (secondary N) is 2. The first-order chi connectivity index (χ1) is 22.3. The fourth-order valence-corrected chi connectivity index (χ4v) is 7.97. The average Bonchev–Trinajstić information content (AvgIpc) is 3.78. The van der Waals surface area contributed by atoms with Gasteiger partial charge in [0.1, 0.15) is 11.9 Å². The lowest BCUT2D eigenvalue weighted by Gasteiger charge is -2.41. The number of hydrogen-bond acceptors (Lipinski definition) is 6. The molecule has 7 nitrogen and oxygen atoms in total. The van der Waals surface area contributed by atoms with Crippen LogP contribution < -0.4 is 25.0 Å². The van der Waals surface area contributed by atoms with Crippen molar-refractivity contribution in [3.8, 4) is 11.5 Å². The minimum Gasteiger partial charge on any atom is -0.496 e. The van der Waals surface area contributed by atoms with Gasteiger partial charge in [0.15, 0.2) is 5.75 Å². The van der Waals surface area contributed by atoms with Crippen LogP contribution in [0.15, 0.2) is 60.2 Å². The maximum Gasteiger partial charge on any atom is 0.252 e. The Balaban J connectivity index is 1.13. The topological polar surface area (TPSA) is 66.1 Å². The maximum atomic E-state index is 14.6. The Morgan fingerprint density at radius 3 is 2.50 bits per heavy atom. The van der Waals surface area contributed by atoms with Crippen LogP contribution in [-0.4, -0.2) is 68.3 Å². The second-order valence-electron chi connectivity index (χ2n) is 13.2. The summed E-state index contributed by atoms with van der Waals surface area (Å²) >= 11 is 12.9. The first-order valence-corrected chi connectivity index (χ1v) is 17.2. The molecule has 2 N–H and O–H groups in total. The molecule has 46 heavy (non-hydrogen) atoms. The standard InChI is InChI=1S/C37H42Cl2N4O3/c1-22-15-31(38)36(32(39)16-22)46-29-13-14-42(21-29)27-9-7-24(8-10-27)30-17-26-18-40-19-33(41-26)35(30)37(44)43(28-11-12-28)20-25-5-4-6-34(45-3)23(25)2/h4-10,15-16,26,28-29,33,40-41H,11-14,17-21H2,1-3H3/t26-,29+,33-/m0/s1. The zero-order valence-corrected chi connectivity index (χ0v) is 28.3. The van der Waals surface area contributed by atoms with Gasteiger partial charge in [-0.25, -0.2) is 0 Å². The monoisotopic (exact) mass is 660 g/mol. The number of carbonyl (C=O) groups is 1. The van der Waals surface area contributed by atoms with Crippen LogP contribution in [0.4, 0.5) is 5.69 Å². The van der Waals surface area contributed by atoms with E-state index < -0.39 is 0 Å².